The minimum absolute atomic E-state index is 0.0208. The average molecular weight is 348 g/mol. The summed E-state index contributed by atoms with van der Waals surface area (Å²) in [6.07, 6.45) is 0. The van der Waals surface area contributed by atoms with Gasteiger partial charge in [-0.05, 0) is 26.0 Å². The zero-order valence-corrected chi connectivity index (χ0v) is 14.4. The van der Waals surface area contributed by atoms with Crippen molar-refractivity contribution in [2.75, 3.05) is 0 Å². The molecule has 0 bridgehead atoms. The maximum atomic E-state index is 12.2. The van der Waals surface area contributed by atoms with E-state index in [1.54, 1.807) is 12.1 Å². The standard InChI is InChI=1S/C16H16N2O3S2/c1-11-8-9-15(22-11)23(19,20)17-10-14-18-16(12(2)21-14)13-6-4-3-5-7-13/h3-9,17H,10H2,1-2H3. The lowest BCUT2D eigenvalue weighted by molar-refractivity contribution is 0.464. The van der Waals surface area contributed by atoms with Crippen molar-refractivity contribution >= 4 is 21.4 Å². The summed E-state index contributed by atoms with van der Waals surface area (Å²) in [6.45, 7) is 3.70. The van der Waals surface area contributed by atoms with Gasteiger partial charge in [0, 0.05) is 10.4 Å². The molecule has 3 rings (SSSR count). The van der Waals surface area contributed by atoms with Crippen molar-refractivity contribution in [1.29, 1.82) is 0 Å². The van der Waals surface area contributed by atoms with Gasteiger partial charge in [-0.1, -0.05) is 30.3 Å². The summed E-state index contributed by atoms with van der Waals surface area (Å²) in [5, 5.41) is 0. The molecular formula is C16H16N2O3S2. The lowest BCUT2D eigenvalue weighted by atomic mass is 10.1. The Balaban J connectivity index is 1.77. The molecule has 23 heavy (non-hydrogen) atoms. The molecule has 0 aliphatic heterocycles. The summed E-state index contributed by atoms with van der Waals surface area (Å²) >= 11 is 1.23. The van der Waals surface area contributed by atoms with Crippen LogP contribution in [0.2, 0.25) is 0 Å². The van der Waals surface area contributed by atoms with Crippen LogP contribution in [0.15, 0.2) is 51.1 Å². The molecule has 5 nitrogen and oxygen atoms in total. The molecule has 1 aromatic carbocycles. The second kappa shape index (κ2) is 6.27. The predicted octanol–water partition coefficient (Wildman–Crippen LogP) is 3.50. The summed E-state index contributed by atoms with van der Waals surface area (Å²) < 4.78 is 32.8. The van der Waals surface area contributed by atoms with Gasteiger partial charge in [0.05, 0.1) is 6.54 Å². The third-order valence-corrected chi connectivity index (χ3v) is 6.18. The molecule has 7 heteroatoms. The van der Waals surface area contributed by atoms with E-state index in [0.717, 1.165) is 16.1 Å². The maximum absolute atomic E-state index is 12.2. The molecule has 0 radical (unpaired) electrons. The van der Waals surface area contributed by atoms with E-state index in [1.165, 1.54) is 11.3 Å². The van der Waals surface area contributed by atoms with Crippen molar-refractivity contribution < 1.29 is 12.8 Å². The highest BCUT2D eigenvalue weighted by molar-refractivity contribution is 7.91. The first-order chi connectivity index (χ1) is 11.0. The van der Waals surface area contributed by atoms with E-state index in [1.807, 2.05) is 44.2 Å². The number of hydrogen-bond donors (Lipinski definition) is 1. The summed E-state index contributed by atoms with van der Waals surface area (Å²) in [5.74, 6) is 1.01. The molecule has 0 aliphatic rings. The normalized spacial score (nSPS) is 11.7. The van der Waals surface area contributed by atoms with Gasteiger partial charge in [0.2, 0.25) is 5.89 Å². The van der Waals surface area contributed by atoms with Crippen molar-refractivity contribution in [3.8, 4) is 11.3 Å². The van der Waals surface area contributed by atoms with Crippen LogP contribution in [-0.4, -0.2) is 13.4 Å². The Hall–Kier alpha value is -1.96. The Morgan fingerprint density at radius 3 is 2.52 bits per heavy atom. The fourth-order valence-corrected chi connectivity index (χ4v) is 4.48. The van der Waals surface area contributed by atoms with Crippen LogP contribution in [0.5, 0.6) is 0 Å². The fourth-order valence-electron chi connectivity index (χ4n) is 2.18. The van der Waals surface area contributed by atoms with Crippen molar-refractivity contribution in [2.24, 2.45) is 0 Å². The van der Waals surface area contributed by atoms with Gasteiger partial charge >= 0.3 is 0 Å². The molecule has 0 spiro atoms. The third-order valence-electron chi connectivity index (χ3n) is 3.28. The van der Waals surface area contributed by atoms with Gasteiger partial charge in [-0.3, -0.25) is 0 Å². The number of nitrogens with zero attached hydrogens (tertiary/aromatic N) is 1. The highest BCUT2D eigenvalue weighted by Crippen LogP contribution is 2.24. The van der Waals surface area contributed by atoms with Gasteiger partial charge in [0.25, 0.3) is 10.0 Å². The molecule has 0 fully saturated rings. The van der Waals surface area contributed by atoms with E-state index < -0.39 is 10.0 Å². The van der Waals surface area contributed by atoms with Crippen LogP contribution < -0.4 is 4.72 Å². The summed E-state index contributed by atoms with van der Waals surface area (Å²) in [7, 11) is -3.54. The van der Waals surface area contributed by atoms with Crippen molar-refractivity contribution in [3.63, 3.8) is 0 Å². The molecule has 0 saturated carbocycles. The van der Waals surface area contributed by atoms with Crippen LogP contribution in [0.25, 0.3) is 11.3 Å². The van der Waals surface area contributed by atoms with E-state index in [2.05, 4.69) is 9.71 Å². The predicted molar refractivity (Wildman–Crippen MR) is 89.8 cm³/mol. The Bertz CT molecular complexity index is 912. The number of thiophene rings is 1. The molecule has 2 aromatic heterocycles. The Morgan fingerprint density at radius 1 is 1.13 bits per heavy atom. The molecule has 0 atom stereocenters. The quantitative estimate of drug-likeness (QED) is 0.766. The largest absolute Gasteiger partial charge is 0.444 e. The number of oxazole rings is 1. The van der Waals surface area contributed by atoms with Gasteiger partial charge < -0.3 is 4.42 Å². The number of benzene rings is 1. The summed E-state index contributed by atoms with van der Waals surface area (Å²) in [6, 6.07) is 13.0. The first-order valence-electron chi connectivity index (χ1n) is 7.03. The summed E-state index contributed by atoms with van der Waals surface area (Å²) in [4.78, 5) is 5.34. The second-order valence-electron chi connectivity index (χ2n) is 5.07. The molecule has 1 N–H and O–H groups in total. The maximum Gasteiger partial charge on any atom is 0.250 e. The van der Waals surface area contributed by atoms with Crippen LogP contribution >= 0.6 is 11.3 Å². The molecule has 0 amide bonds. The number of nitrogens with one attached hydrogen (secondary N) is 1. The number of aryl methyl sites for hydroxylation is 2. The van der Waals surface area contributed by atoms with Gasteiger partial charge in [-0.15, -0.1) is 11.3 Å². The van der Waals surface area contributed by atoms with Crippen LogP contribution in [0.1, 0.15) is 16.5 Å². The Labute approximate surface area is 139 Å². The van der Waals surface area contributed by atoms with E-state index in [0.29, 0.717) is 15.9 Å². The van der Waals surface area contributed by atoms with Gasteiger partial charge in [0.15, 0.2) is 0 Å². The molecule has 0 aliphatic carbocycles. The second-order valence-corrected chi connectivity index (χ2v) is 8.35. The molecular weight excluding hydrogens is 332 g/mol. The fraction of sp³-hybridized carbons (Fsp3) is 0.188. The molecule has 120 valence electrons. The Kier molecular flexibility index (Phi) is 4.34. The number of aromatic nitrogens is 1. The van der Waals surface area contributed by atoms with E-state index in [4.69, 9.17) is 4.42 Å². The topological polar surface area (TPSA) is 72.2 Å². The molecule has 0 unspecified atom stereocenters. The van der Waals surface area contributed by atoms with E-state index in [-0.39, 0.29) is 6.54 Å². The van der Waals surface area contributed by atoms with Gasteiger partial charge in [0.1, 0.15) is 15.7 Å². The van der Waals surface area contributed by atoms with Crippen LogP contribution in [0.3, 0.4) is 0 Å². The van der Waals surface area contributed by atoms with Gasteiger partial charge in [-0.2, -0.15) is 0 Å². The lowest BCUT2D eigenvalue weighted by Gasteiger charge is -2.01. The number of hydrogen-bond acceptors (Lipinski definition) is 5. The van der Waals surface area contributed by atoms with Crippen molar-refractivity contribution in [1.82, 2.24) is 9.71 Å². The highest BCUT2D eigenvalue weighted by atomic mass is 32.2. The van der Waals surface area contributed by atoms with Crippen molar-refractivity contribution in [3.05, 3.63) is 59.0 Å². The third kappa shape index (κ3) is 3.52. The zero-order chi connectivity index (χ0) is 16.4. The molecule has 2 heterocycles. The number of sulfonamides is 1. The first kappa shape index (κ1) is 15.9. The van der Waals surface area contributed by atoms with E-state index >= 15 is 0 Å². The molecule has 0 saturated heterocycles. The van der Waals surface area contributed by atoms with E-state index in [9.17, 15) is 8.42 Å². The van der Waals surface area contributed by atoms with Crippen molar-refractivity contribution in [2.45, 2.75) is 24.6 Å². The Morgan fingerprint density at radius 2 is 1.87 bits per heavy atom. The highest BCUT2D eigenvalue weighted by Gasteiger charge is 2.18. The average Bonchev–Trinajstić information content (AvgIpc) is 3.13. The minimum atomic E-state index is -3.54. The smallest absolute Gasteiger partial charge is 0.250 e. The first-order valence-corrected chi connectivity index (χ1v) is 9.33. The monoisotopic (exact) mass is 348 g/mol. The molecule has 3 aromatic rings. The van der Waals surface area contributed by atoms with Crippen LogP contribution in [-0.2, 0) is 16.6 Å². The van der Waals surface area contributed by atoms with Gasteiger partial charge in [-0.25, -0.2) is 18.1 Å². The van der Waals surface area contributed by atoms with Crippen LogP contribution in [0, 0.1) is 13.8 Å². The summed E-state index contributed by atoms with van der Waals surface area (Å²) in [5.41, 5.74) is 1.67. The number of rotatable bonds is 5. The lowest BCUT2D eigenvalue weighted by Crippen LogP contribution is -2.22. The minimum Gasteiger partial charge on any atom is -0.444 e. The SMILES string of the molecule is Cc1ccc(S(=O)(=O)NCc2nc(-c3ccccc3)c(C)o2)s1. The zero-order valence-electron chi connectivity index (χ0n) is 12.7. The van der Waals surface area contributed by atoms with Crippen LogP contribution in [0.4, 0.5) is 0 Å².